The van der Waals surface area contributed by atoms with E-state index in [2.05, 4.69) is 5.32 Å². The minimum atomic E-state index is -1.00. The average molecular weight is 362 g/mol. The predicted molar refractivity (Wildman–Crippen MR) is 95.3 cm³/mol. The van der Waals surface area contributed by atoms with Gasteiger partial charge in [-0.2, -0.15) is 0 Å². The van der Waals surface area contributed by atoms with Gasteiger partial charge in [0.15, 0.2) is 0 Å². The lowest BCUT2D eigenvalue weighted by atomic mass is 9.49. The van der Waals surface area contributed by atoms with Crippen molar-refractivity contribution in [3.05, 3.63) is 34.9 Å². The van der Waals surface area contributed by atoms with Gasteiger partial charge in [0.05, 0.1) is 0 Å². The molecule has 0 aromatic heterocycles. The van der Waals surface area contributed by atoms with Crippen LogP contribution in [0.2, 0.25) is 5.02 Å². The van der Waals surface area contributed by atoms with E-state index >= 15 is 0 Å². The molecule has 1 aromatic carbocycles. The van der Waals surface area contributed by atoms with Gasteiger partial charge in [-0.1, -0.05) is 29.8 Å². The molecule has 4 bridgehead atoms. The van der Waals surface area contributed by atoms with Gasteiger partial charge in [0.2, 0.25) is 5.91 Å². The highest BCUT2D eigenvalue weighted by molar-refractivity contribution is 6.31. The molecule has 1 amide bonds. The minimum absolute atomic E-state index is 0.0500. The van der Waals surface area contributed by atoms with Crippen molar-refractivity contribution in [1.82, 2.24) is 5.32 Å². The molecule has 0 aliphatic heterocycles. The summed E-state index contributed by atoms with van der Waals surface area (Å²) in [5.41, 5.74) is 0.422. The van der Waals surface area contributed by atoms with Gasteiger partial charge in [0.1, 0.15) is 6.04 Å². The number of aliphatic carboxylic acids is 1. The van der Waals surface area contributed by atoms with Crippen molar-refractivity contribution < 1.29 is 14.7 Å². The van der Waals surface area contributed by atoms with Gasteiger partial charge in [0.25, 0.3) is 0 Å². The van der Waals surface area contributed by atoms with Crippen molar-refractivity contribution >= 4 is 23.5 Å². The van der Waals surface area contributed by atoms with Crippen LogP contribution in [0.5, 0.6) is 0 Å². The summed E-state index contributed by atoms with van der Waals surface area (Å²) in [5.74, 6) is 0.917. The summed E-state index contributed by atoms with van der Waals surface area (Å²) in [6, 6.07) is 6.28. The Morgan fingerprint density at radius 3 is 2.20 bits per heavy atom. The third-order valence-electron chi connectivity index (χ3n) is 6.51. The summed E-state index contributed by atoms with van der Waals surface area (Å²) in [6.07, 6.45) is 6.79. The molecule has 4 aliphatic rings. The van der Waals surface area contributed by atoms with Crippen molar-refractivity contribution in [2.45, 2.75) is 51.0 Å². The Kier molecular flexibility index (Phi) is 4.27. The van der Waals surface area contributed by atoms with Gasteiger partial charge in [-0.05, 0) is 67.9 Å². The molecule has 0 radical (unpaired) electrons. The van der Waals surface area contributed by atoms with Crippen LogP contribution in [0, 0.1) is 23.2 Å². The first-order valence-corrected chi connectivity index (χ1v) is 9.60. The Morgan fingerprint density at radius 2 is 1.68 bits per heavy atom. The number of carbonyl (C=O) groups excluding carboxylic acids is 1. The van der Waals surface area contributed by atoms with Gasteiger partial charge >= 0.3 is 5.97 Å². The molecule has 25 heavy (non-hydrogen) atoms. The van der Waals surface area contributed by atoms with E-state index in [1.807, 2.05) is 18.2 Å². The smallest absolute Gasteiger partial charge is 0.326 e. The number of carbonyl (C=O) groups is 2. The van der Waals surface area contributed by atoms with Crippen LogP contribution in [-0.2, 0) is 16.0 Å². The average Bonchev–Trinajstić information content (AvgIpc) is 2.54. The lowest BCUT2D eigenvalue weighted by Crippen LogP contribution is -2.56. The van der Waals surface area contributed by atoms with Crippen LogP contribution >= 0.6 is 11.6 Å². The van der Waals surface area contributed by atoms with E-state index in [1.165, 1.54) is 19.3 Å². The third-order valence-corrected chi connectivity index (χ3v) is 6.87. The number of benzene rings is 1. The zero-order valence-corrected chi connectivity index (χ0v) is 15.0. The van der Waals surface area contributed by atoms with E-state index in [-0.39, 0.29) is 17.7 Å². The monoisotopic (exact) mass is 361 g/mol. The number of amides is 1. The fraction of sp³-hybridized carbons (Fsp3) is 0.600. The lowest BCUT2D eigenvalue weighted by molar-refractivity contribution is -0.151. The summed E-state index contributed by atoms with van der Waals surface area (Å²) < 4.78 is 0. The number of hydrogen-bond donors (Lipinski definition) is 2. The molecule has 4 aliphatic carbocycles. The molecule has 4 nitrogen and oxygen atoms in total. The Balaban J connectivity index is 1.50. The Hall–Kier alpha value is -1.55. The van der Waals surface area contributed by atoms with Gasteiger partial charge in [-0.25, -0.2) is 4.79 Å². The van der Waals surface area contributed by atoms with Crippen molar-refractivity contribution in [2.75, 3.05) is 0 Å². The minimum Gasteiger partial charge on any atom is -0.480 e. The summed E-state index contributed by atoms with van der Waals surface area (Å²) >= 11 is 6.16. The van der Waals surface area contributed by atoms with Crippen LogP contribution in [0.4, 0.5) is 0 Å². The molecule has 134 valence electrons. The number of carboxylic acids is 1. The summed E-state index contributed by atoms with van der Waals surface area (Å²) in [6.45, 7) is 0. The first-order valence-electron chi connectivity index (χ1n) is 9.22. The van der Waals surface area contributed by atoms with Crippen LogP contribution in [0.15, 0.2) is 24.3 Å². The highest BCUT2D eigenvalue weighted by Gasteiger charge is 2.54. The normalized spacial score (nSPS) is 33.9. The van der Waals surface area contributed by atoms with Crippen molar-refractivity contribution in [3.8, 4) is 0 Å². The molecule has 2 N–H and O–H groups in total. The summed E-state index contributed by atoms with van der Waals surface area (Å²) in [4.78, 5) is 24.8. The lowest BCUT2D eigenvalue weighted by Gasteiger charge is -2.55. The van der Waals surface area contributed by atoms with Crippen LogP contribution in [0.1, 0.15) is 44.1 Å². The Labute approximate surface area is 152 Å². The fourth-order valence-corrected chi connectivity index (χ4v) is 6.00. The topological polar surface area (TPSA) is 66.4 Å². The molecule has 4 fully saturated rings. The van der Waals surface area contributed by atoms with Crippen LogP contribution in [-0.4, -0.2) is 23.0 Å². The van der Waals surface area contributed by atoms with E-state index in [4.69, 9.17) is 11.6 Å². The Bertz CT molecular complexity index is 667. The third kappa shape index (κ3) is 3.17. The van der Waals surface area contributed by atoms with Gasteiger partial charge in [0, 0.05) is 16.9 Å². The van der Waals surface area contributed by atoms with E-state index in [0.717, 1.165) is 24.8 Å². The van der Waals surface area contributed by atoms with Crippen LogP contribution < -0.4 is 5.32 Å². The second-order valence-corrected chi connectivity index (χ2v) is 8.76. The van der Waals surface area contributed by atoms with Crippen LogP contribution in [0.25, 0.3) is 0 Å². The maximum atomic E-state index is 13.1. The second kappa shape index (κ2) is 6.31. The number of hydrogen-bond acceptors (Lipinski definition) is 2. The summed E-state index contributed by atoms with van der Waals surface area (Å²) in [5, 5.41) is 13.0. The van der Waals surface area contributed by atoms with E-state index in [9.17, 15) is 14.7 Å². The quantitative estimate of drug-likeness (QED) is 0.840. The highest BCUT2D eigenvalue weighted by Crippen LogP contribution is 2.60. The zero-order valence-electron chi connectivity index (χ0n) is 14.2. The molecule has 5 rings (SSSR count). The molecule has 4 saturated carbocycles. The number of rotatable bonds is 5. The number of nitrogens with one attached hydrogen (secondary N) is 1. The number of carboxylic acid groups (broad SMARTS) is 1. The highest BCUT2D eigenvalue weighted by atomic mass is 35.5. The Morgan fingerprint density at radius 1 is 1.12 bits per heavy atom. The van der Waals surface area contributed by atoms with Crippen molar-refractivity contribution in [3.63, 3.8) is 0 Å². The molecule has 0 unspecified atom stereocenters. The molecule has 1 atom stereocenters. The molecule has 1 aromatic rings. The van der Waals surface area contributed by atoms with Crippen molar-refractivity contribution in [2.24, 2.45) is 23.2 Å². The molecular formula is C20H24ClNO3. The second-order valence-electron chi connectivity index (χ2n) is 8.36. The SMILES string of the molecule is O=C(O)[C@@H](Cc1ccccc1Cl)NC(=O)C12CC3CC(CC(C3)C1)C2. The predicted octanol–water partition coefficient (Wildman–Crippen LogP) is 3.67. The molecule has 0 spiro atoms. The molecule has 0 heterocycles. The van der Waals surface area contributed by atoms with Gasteiger partial charge < -0.3 is 10.4 Å². The first kappa shape index (κ1) is 16.9. The van der Waals surface area contributed by atoms with Gasteiger partial charge in [-0.15, -0.1) is 0 Å². The van der Waals surface area contributed by atoms with Crippen LogP contribution in [0.3, 0.4) is 0 Å². The maximum Gasteiger partial charge on any atom is 0.326 e. The zero-order chi connectivity index (χ0) is 17.6. The van der Waals surface area contributed by atoms with Crippen molar-refractivity contribution in [1.29, 1.82) is 0 Å². The molecule has 5 heteroatoms. The van der Waals surface area contributed by atoms with Gasteiger partial charge in [-0.3, -0.25) is 4.79 Å². The standard InChI is InChI=1S/C20H24ClNO3/c21-16-4-2-1-3-15(16)8-17(18(23)24)22-19(25)20-9-12-5-13(10-20)7-14(6-12)11-20/h1-4,12-14,17H,5-11H2,(H,22,25)(H,23,24)/t12?,13?,14?,17-,20?/m1/s1. The molecular weight excluding hydrogens is 338 g/mol. The molecule has 0 saturated heterocycles. The fourth-order valence-electron chi connectivity index (χ4n) is 5.78. The maximum absolute atomic E-state index is 13.1. The van der Waals surface area contributed by atoms with E-state index in [0.29, 0.717) is 22.8 Å². The number of halogens is 1. The van der Waals surface area contributed by atoms with E-state index in [1.54, 1.807) is 6.07 Å². The summed E-state index contributed by atoms with van der Waals surface area (Å²) in [7, 11) is 0. The van der Waals surface area contributed by atoms with E-state index < -0.39 is 12.0 Å². The largest absolute Gasteiger partial charge is 0.480 e. The first-order chi connectivity index (χ1) is 11.9.